The maximum absolute atomic E-state index is 11.6. The number of esters is 2. The Morgan fingerprint density at radius 2 is 0.763 bits per heavy atom. The van der Waals surface area contributed by atoms with Crippen molar-refractivity contribution in [3.05, 3.63) is 0 Å². The summed E-state index contributed by atoms with van der Waals surface area (Å²) < 4.78 is 47.7. The second-order valence-electron chi connectivity index (χ2n) is 8.23. The van der Waals surface area contributed by atoms with E-state index in [0.717, 1.165) is 12.8 Å². The molecule has 11 heteroatoms. The van der Waals surface area contributed by atoms with E-state index in [9.17, 15) is 9.59 Å². The van der Waals surface area contributed by atoms with Crippen molar-refractivity contribution < 1.29 is 52.2 Å². The van der Waals surface area contributed by atoms with E-state index in [0.29, 0.717) is 106 Å². The monoisotopic (exact) mass is 552 g/mol. The highest BCUT2D eigenvalue weighted by Gasteiger charge is 2.03. The highest BCUT2D eigenvalue weighted by molar-refractivity contribution is 5.69. The lowest BCUT2D eigenvalue weighted by atomic mass is 10.1. The average molecular weight is 553 g/mol. The van der Waals surface area contributed by atoms with Crippen LogP contribution in [0.5, 0.6) is 0 Å². The summed E-state index contributed by atoms with van der Waals surface area (Å²) >= 11 is 0. The van der Waals surface area contributed by atoms with E-state index in [1.54, 1.807) is 6.92 Å². The summed E-state index contributed by atoms with van der Waals surface area (Å²) in [5.74, 6) is -0.400. The van der Waals surface area contributed by atoms with Gasteiger partial charge in [0.25, 0.3) is 0 Å². The van der Waals surface area contributed by atoms with Gasteiger partial charge in [-0.2, -0.15) is 0 Å². The first kappa shape index (κ1) is 36.7. The predicted octanol–water partition coefficient (Wildman–Crippen LogP) is 2.96. The van der Waals surface area contributed by atoms with Gasteiger partial charge in [-0.25, -0.2) is 0 Å². The van der Waals surface area contributed by atoms with Crippen molar-refractivity contribution in [2.45, 2.75) is 58.8 Å². The summed E-state index contributed by atoms with van der Waals surface area (Å²) in [7, 11) is 0. The first-order valence-corrected chi connectivity index (χ1v) is 14.1. The van der Waals surface area contributed by atoms with Crippen LogP contribution in [0.3, 0.4) is 0 Å². The minimum Gasteiger partial charge on any atom is -0.466 e. The fourth-order valence-corrected chi connectivity index (χ4v) is 2.97. The van der Waals surface area contributed by atoms with Gasteiger partial charge >= 0.3 is 11.9 Å². The lowest BCUT2D eigenvalue weighted by Crippen LogP contribution is -2.15. The first-order valence-electron chi connectivity index (χ1n) is 14.1. The zero-order chi connectivity index (χ0) is 27.8. The van der Waals surface area contributed by atoms with E-state index < -0.39 is 0 Å². The van der Waals surface area contributed by atoms with Gasteiger partial charge in [-0.3, -0.25) is 9.59 Å². The Kier molecular flexibility index (Phi) is 30.8. The first-order chi connectivity index (χ1) is 18.7. The third-order valence-electron chi connectivity index (χ3n) is 4.96. The summed E-state index contributed by atoms with van der Waals surface area (Å²) in [5.41, 5.74) is 0. The highest BCUT2D eigenvalue weighted by atomic mass is 16.6. The Bertz CT molecular complexity index is 505. The quantitative estimate of drug-likeness (QED) is 0.0933. The second kappa shape index (κ2) is 31.9. The fraction of sp³-hybridized carbons (Fsp3) is 0.926. The number of rotatable bonds is 31. The van der Waals surface area contributed by atoms with E-state index in [1.807, 2.05) is 0 Å². The van der Waals surface area contributed by atoms with Crippen molar-refractivity contribution >= 4 is 11.9 Å². The van der Waals surface area contributed by atoms with Gasteiger partial charge in [-0.05, 0) is 13.3 Å². The van der Waals surface area contributed by atoms with Crippen molar-refractivity contribution in [1.29, 1.82) is 0 Å². The van der Waals surface area contributed by atoms with Gasteiger partial charge in [0.1, 0.15) is 6.61 Å². The van der Waals surface area contributed by atoms with Crippen LogP contribution in [0.4, 0.5) is 0 Å². The van der Waals surface area contributed by atoms with Gasteiger partial charge in [-0.1, -0.05) is 32.6 Å². The molecule has 0 radical (unpaired) electrons. The van der Waals surface area contributed by atoms with Crippen LogP contribution in [-0.4, -0.2) is 118 Å². The molecule has 0 unspecified atom stereocenters. The van der Waals surface area contributed by atoms with Crippen LogP contribution in [0.1, 0.15) is 58.8 Å². The molecule has 0 atom stereocenters. The van der Waals surface area contributed by atoms with Gasteiger partial charge in [-0.15, -0.1) is 0 Å². The lowest BCUT2D eigenvalue weighted by molar-refractivity contribution is -0.146. The van der Waals surface area contributed by atoms with Crippen LogP contribution in [0.25, 0.3) is 0 Å². The number of carbonyl (C=O) groups is 2. The molecule has 0 spiro atoms. The van der Waals surface area contributed by atoms with Gasteiger partial charge in [0.05, 0.1) is 106 Å². The Morgan fingerprint density at radius 3 is 1.18 bits per heavy atom. The molecule has 0 aromatic heterocycles. The number of hydrogen-bond acceptors (Lipinski definition) is 11. The molecule has 0 N–H and O–H groups in total. The molecule has 0 aromatic carbocycles. The van der Waals surface area contributed by atoms with E-state index in [-0.39, 0.29) is 25.0 Å². The smallest absolute Gasteiger partial charge is 0.308 e. The number of hydrogen-bond donors (Lipinski definition) is 0. The second-order valence-corrected chi connectivity index (χ2v) is 8.23. The molecule has 0 rings (SSSR count). The maximum Gasteiger partial charge on any atom is 0.308 e. The number of carbonyl (C=O) groups excluding carboxylic acids is 2. The summed E-state index contributed by atoms with van der Waals surface area (Å²) in [6, 6.07) is 0. The molecule has 0 saturated carbocycles. The molecule has 0 bridgehead atoms. The maximum atomic E-state index is 11.6. The molecule has 0 fully saturated rings. The molecule has 0 aliphatic rings. The van der Waals surface area contributed by atoms with E-state index in [4.69, 9.17) is 42.6 Å². The molecule has 0 aliphatic heterocycles. The Hall–Kier alpha value is -1.34. The number of unbranched alkanes of at least 4 members (excludes halogenated alkanes) is 4. The molecule has 38 heavy (non-hydrogen) atoms. The molecular formula is C27H52O11. The number of ether oxygens (including phenoxy) is 9. The molecule has 11 nitrogen and oxygen atoms in total. The van der Waals surface area contributed by atoms with Crippen LogP contribution < -0.4 is 0 Å². The Morgan fingerprint density at radius 1 is 0.395 bits per heavy atom. The van der Waals surface area contributed by atoms with Crippen LogP contribution in [0.2, 0.25) is 0 Å². The summed E-state index contributed by atoms with van der Waals surface area (Å²) in [6.45, 7) is 11.0. The molecule has 0 heterocycles. The highest BCUT2D eigenvalue weighted by Crippen LogP contribution is 2.05. The van der Waals surface area contributed by atoms with E-state index in [2.05, 4.69) is 6.92 Å². The molecular weight excluding hydrogens is 500 g/mol. The van der Waals surface area contributed by atoms with E-state index in [1.165, 1.54) is 19.3 Å². The minimum absolute atomic E-state index is 0.149. The van der Waals surface area contributed by atoms with Crippen LogP contribution >= 0.6 is 0 Å². The van der Waals surface area contributed by atoms with Gasteiger partial charge < -0.3 is 42.6 Å². The summed E-state index contributed by atoms with van der Waals surface area (Å²) in [5, 5.41) is 0. The van der Waals surface area contributed by atoms with Crippen molar-refractivity contribution in [2.75, 3.05) is 106 Å². The van der Waals surface area contributed by atoms with Gasteiger partial charge in [0, 0.05) is 6.42 Å². The largest absolute Gasteiger partial charge is 0.466 e. The molecule has 0 amide bonds. The molecule has 0 aromatic rings. The van der Waals surface area contributed by atoms with Crippen molar-refractivity contribution in [2.24, 2.45) is 0 Å². The van der Waals surface area contributed by atoms with Crippen LogP contribution in [0, 0.1) is 0 Å². The normalized spacial score (nSPS) is 11.1. The standard InChI is InChI=1S/C27H52O11/c1-3-5-6-7-8-9-26(28)38-25-24-36-23-22-35-21-20-34-19-18-33-17-16-32-15-14-31-13-12-30-11-10-27(29)37-4-2/h3-25H2,1-2H3. The van der Waals surface area contributed by atoms with Crippen molar-refractivity contribution in [1.82, 2.24) is 0 Å². The van der Waals surface area contributed by atoms with Crippen molar-refractivity contribution in [3.8, 4) is 0 Å². The zero-order valence-electron chi connectivity index (χ0n) is 23.8. The van der Waals surface area contributed by atoms with Gasteiger partial charge in [0.15, 0.2) is 0 Å². The van der Waals surface area contributed by atoms with Crippen LogP contribution in [-0.2, 0) is 52.2 Å². The Labute approximate surface area is 229 Å². The molecule has 226 valence electrons. The fourth-order valence-electron chi connectivity index (χ4n) is 2.97. The molecule has 0 saturated heterocycles. The van der Waals surface area contributed by atoms with E-state index >= 15 is 0 Å². The zero-order valence-corrected chi connectivity index (χ0v) is 23.8. The minimum atomic E-state index is -0.251. The summed E-state index contributed by atoms with van der Waals surface area (Å²) in [4.78, 5) is 22.7. The third-order valence-corrected chi connectivity index (χ3v) is 4.96. The van der Waals surface area contributed by atoms with Crippen LogP contribution in [0.15, 0.2) is 0 Å². The summed E-state index contributed by atoms with van der Waals surface area (Å²) in [6.07, 6.45) is 6.33. The lowest BCUT2D eigenvalue weighted by Gasteiger charge is -2.09. The van der Waals surface area contributed by atoms with Crippen molar-refractivity contribution in [3.63, 3.8) is 0 Å². The average Bonchev–Trinajstić information content (AvgIpc) is 2.91. The predicted molar refractivity (Wildman–Crippen MR) is 141 cm³/mol. The third kappa shape index (κ3) is 30.9. The molecule has 0 aliphatic carbocycles. The Balaban J connectivity index is 3.11. The topological polar surface area (TPSA) is 117 Å². The SMILES string of the molecule is CCCCCCCC(=O)OCCOCCOCCOCCOCCOCCOCCOCCC(=O)OCC. The van der Waals surface area contributed by atoms with Gasteiger partial charge in [0.2, 0.25) is 0 Å².